The molecule has 3 saturated heterocycles. The molecule has 15 heteroatoms. The molecule has 23 atom stereocenters. The molecule has 4 aliphatic carbocycles. The lowest BCUT2D eigenvalue weighted by Crippen LogP contribution is -2.71. The van der Waals surface area contributed by atoms with Crippen molar-refractivity contribution in [2.75, 3.05) is 21.3 Å². The summed E-state index contributed by atoms with van der Waals surface area (Å²) in [5, 5.41) is 67.8. The summed E-state index contributed by atoms with van der Waals surface area (Å²) in [6.45, 7) is 11.2. The Labute approximate surface area is 337 Å². The molecule has 57 heavy (non-hydrogen) atoms. The zero-order chi connectivity index (χ0) is 41.4. The molecule has 2 unspecified atom stereocenters. The van der Waals surface area contributed by atoms with Crippen molar-refractivity contribution in [2.45, 2.75) is 203 Å². The Hall–Kier alpha value is -0.860. The van der Waals surface area contributed by atoms with Crippen LogP contribution in [0.4, 0.5) is 0 Å². The van der Waals surface area contributed by atoms with Crippen molar-refractivity contribution in [1.29, 1.82) is 0 Å². The van der Waals surface area contributed by atoms with Gasteiger partial charge in [-0.05, 0) is 83.5 Å². The van der Waals surface area contributed by atoms with Crippen LogP contribution in [0.5, 0.6) is 0 Å². The van der Waals surface area contributed by atoms with Gasteiger partial charge in [0.25, 0.3) is 0 Å². The Bertz CT molecular complexity index is 1420. The number of ether oxygens (including phenoxy) is 9. The van der Waals surface area contributed by atoms with Gasteiger partial charge < -0.3 is 73.3 Å². The minimum absolute atomic E-state index is 0.128. The third kappa shape index (κ3) is 7.39. The Morgan fingerprint density at radius 2 is 1.35 bits per heavy atom. The second kappa shape index (κ2) is 16.8. The molecule has 3 aliphatic heterocycles. The largest absolute Gasteiger partial charge is 0.393 e. The second-order valence-electron chi connectivity index (χ2n) is 18.7. The van der Waals surface area contributed by atoms with E-state index in [0.29, 0.717) is 38.5 Å². The predicted molar refractivity (Wildman–Crippen MR) is 202 cm³/mol. The van der Waals surface area contributed by atoms with Crippen molar-refractivity contribution >= 4 is 0 Å². The van der Waals surface area contributed by atoms with Crippen molar-refractivity contribution < 1.29 is 73.3 Å². The third-order valence-corrected chi connectivity index (χ3v) is 15.8. The van der Waals surface area contributed by atoms with E-state index in [-0.39, 0.29) is 30.0 Å². The lowest BCUT2D eigenvalue weighted by atomic mass is 9.44. The zero-order valence-corrected chi connectivity index (χ0v) is 35.1. The fourth-order valence-electron chi connectivity index (χ4n) is 12.6. The molecular weight excluding hydrogens is 744 g/mol. The summed E-state index contributed by atoms with van der Waals surface area (Å²) < 4.78 is 55.1. The molecule has 3 heterocycles. The molecule has 0 aromatic rings. The van der Waals surface area contributed by atoms with Crippen LogP contribution in [0.25, 0.3) is 0 Å². The van der Waals surface area contributed by atoms with Crippen LogP contribution in [-0.2, 0) is 42.6 Å². The highest BCUT2D eigenvalue weighted by atomic mass is 16.8. The summed E-state index contributed by atoms with van der Waals surface area (Å²) in [5.74, 6) is -0.850. The number of fused-ring (bicyclic) bond motifs is 5. The van der Waals surface area contributed by atoms with Crippen molar-refractivity contribution in [2.24, 2.45) is 28.6 Å². The SMILES string of the molecule is CO[C@H]1[C@@H](O)[C@H](O[C@H]2[C@@H](OC)C[C@H](O[C@H]3[C@@H](OC)C[C@H](O[C@H]4CC[C@@]5(C)C(=CC[C@@H]6C5[C@H](O)[C@@H](O)[C@]5(C)C([C@@H](C)O)CC[C@]65O)C4)O[C@@H]3C)O[C@@H]2C)O[C@H](C)[C@H]1O. The van der Waals surface area contributed by atoms with Crippen LogP contribution in [-0.4, -0.2) is 162 Å². The van der Waals surface area contributed by atoms with Gasteiger partial charge in [0.2, 0.25) is 0 Å². The van der Waals surface area contributed by atoms with E-state index in [9.17, 15) is 30.6 Å². The first-order valence-electron chi connectivity index (χ1n) is 21.3. The van der Waals surface area contributed by atoms with Crippen LogP contribution in [0.2, 0.25) is 0 Å². The van der Waals surface area contributed by atoms with Crippen LogP contribution >= 0.6 is 0 Å². The van der Waals surface area contributed by atoms with Crippen LogP contribution in [0, 0.1) is 28.6 Å². The molecule has 6 fully saturated rings. The summed E-state index contributed by atoms with van der Waals surface area (Å²) in [7, 11) is 4.66. The maximum absolute atomic E-state index is 12.4. The van der Waals surface area contributed by atoms with E-state index < -0.39 is 109 Å². The molecule has 7 aliphatic rings. The summed E-state index contributed by atoms with van der Waals surface area (Å²) in [6, 6.07) is 0. The van der Waals surface area contributed by atoms with Crippen molar-refractivity contribution in [3.8, 4) is 0 Å². The Morgan fingerprint density at radius 3 is 1.95 bits per heavy atom. The number of hydrogen-bond acceptors (Lipinski definition) is 15. The van der Waals surface area contributed by atoms with Crippen molar-refractivity contribution in [1.82, 2.24) is 0 Å². The quantitative estimate of drug-likeness (QED) is 0.175. The highest BCUT2D eigenvalue weighted by molar-refractivity contribution is 5.31. The van der Waals surface area contributed by atoms with E-state index in [4.69, 9.17) is 42.6 Å². The van der Waals surface area contributed by atoms with Gasteiger partial charge in [-0.2, -0.15) is 0 Å². The average Bonchev–Trinajstić information content (AvgIpc) is 3.46. The fraction of sp³-hybridized carbons (Fsp3) is 0.952. The molecule has 6 N–H and O–H groups in total. The van der Waals surface area contributed by atoms with E-state index in [1.165, 1.54) is 12.7 Å². The predicted octanol–water partition coefficient (Wildman–Crippen LogP) is 1.94. The zero-order valence-electron chi connectivity index (χ0n) is 35.1. The van der Waals surface area contributed by atoms with Gasteiger partial charge in [0.05, 0.1) is 60.5 Å². The Kier molecular flexibility index (Phi) is 13.0. The van der Waals surface area contributed by atoms with Gasteiger partial charge in [-0.25, -0.2) is 0 Å². The standard InChI is InChI=1S/C42H70O15/c1-19(43)25-13-15-42(48)26-11-10-23-16-24(12-14-40(23,5)31(26)33(45)38(47)41(25,42)6)55-29-17-27(49-7)35(21(3)52-29)56-30-18-28(50-8)36(22(4)53-30)57-39-34(46)37(51-9)32(44)20(2)54-39/h10,19-22,24-39,43-48H,11-18H2,1-9H3/t19-,20-,21-,22-,24+,25?,26-,27+,28+,29+,30+,31?,32-,33+,34-,35-,36-,37-,38-,39+,40+,41+,42+/m1/s1. The first-order valence-corrected chi connectivity index (χ1v) is 21.3. The van der Waals surface area contributed by atoms with Crippen LogP contribution < -0.4 is 0 Å². The van der Waals surface area contributed by atoms with Crippen LogP contribution in [0.15, 0.2) is 11.6 Å². The van der Waals surface area contributed by atoms with Crippen molar-refractivity contribution in [3.05, 3.63) is 11.6 Å². The van der Waals surface area contributed by atoms with E-state index in [2.05, 4.69) is 13.0 Å². The van der Waals surface area contributed by atoms with Crippen LogP contribution in [0.3, 0.4) is 0 Å². The number of allylic oxidation sites excluding steroid dienone is 1. The van der Waals surface area contributed by atoms with Gasteiger partial charge >= 0.3 is 0 Å². The summed E-state index contributed by atoms with van der Waals surface area (Å²) >= 11 is 0. The molecule has 328 valence electrons. The van der Waals surface area contributed by atoms with Gasteiger partial charge in [0.15, 0.2) is 18.9 Å². The molecule has 3 saturated carbocycles. The number of hydrogen-bond donors (Lipinski definition) is 6. The highest BCUT2D eigenvalue weighted by Crippen LogP contribution is 2.68. The smallest absolute Gasteiger partial charge is 0.187 e. The van der Waals surface area contributed by atoms with E-state index in [0.717, 1.165) is 12.8 Å². The molecule has 15 nitrogen and oxygen atoms in total. The van der Waals surface area contributed by atoms with Crippen molar-refractivity contribution in [3.63, 3.8) is 0 Å². The number of aliphatic hydroxyl groups is 6. The molecule has 0 aromatic heterocycles. The van der Waals surface area contributed by atoms with E-state index in [1.54, 1.807) is 28.1 Å². The average molecular weight is 815 g/mol. The van der Waals surface area contributed by atoms with Gasteiger partial charge in [0.1, 0.15) is 30.5 Å². The molecule has 0 bridgehead atoms. The molecule has 0 amide bonds. The lowest BCUT2D eigenvalue weighted by Gasteiger charge is -2.64. The van der Waals surface area contributed by atoms with Gasteiger partial charge in [0, 0.05) is 45.5 Å². The highest BCUT2D eigenvalue weighted by Gasteiger charge is 2.72. The van der Waals surface area contributed by atoms with E-state index >= 15 is 0 Å². The molecule has 0 aromatic carbocycles. The maximum atomic E-state index is 12.4. The Morgan fingerprint density at radius 1 is 0.737 bits per heavy atom. The monoisotopic (exact) mass is 814 g/mol. The molecule has 0 radical (unpaired) electrons. The number of rotatable bonds is 10. The molecular formula is C42H70O15. The first kappa shape index (κ1) is 44.2. The molecule has 7 rings (SSSR count). The van der Waals surface area contributed by atoms with Gasteiger partial charge in [-0.15, -0.1) is 0 Å². The topological polar surface area (TPSA) is 204 Å². The normalized spacial score (nSPS) is 54.6. The number of aliphatic hydroxyl groups excluding tert-OH is 5. The van der Waals surface area contributed by atoms with Crippen LogP contribution in [0.1, 0.15) is 92.9 Å². The minimum atomic E-state index is -1.22. The van der Waals surface area contributed by atoms with Gasteiger partial charge in [-0.3, -0.25) is 0 Å². The lowest BCUT2D eigenvalue weighted by molar-refractivity contribution is -0.352. The van der Waals surface area contributed by atoms with E-state index in [1.807, 2.05) is 20.8 Å². The summed E-state index contributed by atoms with van der Waals surface area (Å²) in [5.41, 5.74) is -1.43. The second-order valence-corrected chi connectivity index (χ2v) is 18.7. The third-order valence-electron chi connectivity index (χ3n) is 15.8. The maximum Gasteiger partial charge on any atom is 0.187 e. The first-order chi connectivity index (χ1) is 26.9. The minimum Gasteiger partial charge on any atom is -0.393 e. The van der Waals surface area contributed by atoms with Gasteiger partial charge in [-0.1, -0.05) is 25.5 Å². The summed E-state index contributed by atoms with van der Waals surface area (Å²) in [4.78, 5) is 0. The summed E-state index contributed by atoms with van der Waals surface area (Å²) in [6.07, 6.45) is -4.95. The fourth-order valence-corrected chi connectivity index (χ4v) is 12.6. The number of methoxy groups -OCH3 is 3. The Balaban J connectivity index is 0.960. The molecule has 0 spiro atoms.